The predicted molar refractivity (Wildman–Crippen MR) is 141 cm³/mol. The molecule has 1 aromatic heterocycles. The fourth-order valence-corrected chi connectivity index (χ4v) is 6.40. The highest BCUT2D eigenvalue weighted by Gasteiger charge is 2.45. The van der Waals surface area contributed by atoms with Gasteiger partial charge in [0.05, 0.1) is 18.2 Å². The van der Waals surface area contributed by atoms with Gasteiger partial charge in [-0.3, -0.25) is 14.5 Å². The molecule has 8 nitrogen and oxygen atoms in total. The molecule has 0 unspecified atom stereocenters. The van der Waals surface area contributed by atoms with Crippen LogP contribution in [-0.2, 0) is 9.53 Å². The fourth-order valence-electron chi connectivity index (χ4n) is 6.19. The molecule has 2 aromatic rings. The van der Waals surface area contributed by atoms with Gasteiger partial charge in [0.25, 0.3) is 11.8 Å². The monoisotopic (exact) mass is 515 g/mol. The zero-order valence-corrected chi connectivity index (χ0v) is 22.1. The number of piperidine rings is 2. The van der Waals surface area contributed by atoms with E-state index in [0.717, 1.165) is 42.8 Å². The number of benzene rings is 1. The number of halogens is 1. The summed E-state index contributed by atoms with van der Waals surface area (Å²) in [6, 6.07) is 5.38. The van der Waals surface area contributed by atoms with Crippen LogP contribution in [0.4, 0.5) is 0 Å². The van der Waals surface area contributed by atoms with Crippen molar-refractivity contribution in [3.8, 4) is 0 Å². The minimum absolute atomic E-state index is 0.0245. The Bertz CT molecular complexity index is 1080. The van der Waals surface area contributed by atoms with Gasteiger partial charge in [-0.2, -0.15) is 0 Å². The minimum atomic E-state index is -1.14. The highest BCUT2D eigenvalue weighted by atomic mass is 35.5. The number of morpholine rings is 1. The van der Waals surface area contributed by atoms with E-state index in [-0.39, 0.29) is 11.8 Å². The van der Waals surface area contributed by atoms with Crippen LogP contribution >= 0.6 is 11.6 Å². The molecule has 4 heterocycles. The lowest BCUT2D eigenvalue weighted by Crippen LogP contribution is -2.69. The summed E-state index contributed by atoms with van der Waals surface area (Å²) in [5.41, 5.74) is 0.154. The maximum atomic E-state index is 14.0. The normalized spacial score (nSPS) is 23.0. The Morgan fingerprint density at radius 3 is 2.33 bits per heavy atom. The van der Waals surface area contributed by atoms with Gasteiger partial charge in [-0.25, -0.2) is 0 Å². The van der Waals surface area contributed by atoms with E-state index < -0.39 is 5.66 Å². The first-order valence-corrected chi connectivity index (χ1v) is 13.6. The molecule has 2 N–H and O–H groups in total. The van der Waals surface area contributed by atoms with Crippen LogP contribution in [0.25, 0.3) is 10.9 Å². The van der Waals surface area contributed by atoms with Gasteiger partial charge >= 0.3 is 0 Å². The first-order valence-electron chi connectivity index (χ1n) is 13.2. The van der Waals surface area contributed by atoms with Crippen molar-refractivity contribution < 1.29 is 14.3 Å². The molecule has 3 aliphatic rings. The maximum Gasteiger partial charge on any atom is 0.263 e. The highest BCUT2D eigenvalue weighted by Crippen LogP contribution is 2.33. The quantitative estimate of drug-likeness (QED) is 0.639. The minimum Gasteiger partial charge on any atom is -0.379 e. The van der Waals surface area contributed by atoms with Gasteiger partial charge in [0.1, 0.15) is 0 Å². The van der Waals surface area contributed by atoms with Crippen LogP contribution in [0, 0.1) is 11.8 Å². The lowest BCUT2D eigenvalue weighted by molar-refractivity contribution is -0.150. The first-order chi connectivity index (χ1) is 17.3. The number of carbonyl (C=O) groups excluding carboxylic acids is 2. The second kappa shape index (κ2) is 10.7. The Balaban J connectivity index is 1.30. The number of rotatable bonds is 5. The molecule has 5 rings (SSSR count). The van der Waals surface area contributed by atoms with Crippen molar-refractivity contribution in [1.82, 2.24) is 25.0 Å². The number of carbonyl (C=O) groups is 2. The van der Waals surface area contributed by atoms with E-state index in [1.54, 1.807) is 18.3 Å². The zero-order chi connectivity index (χ0) is 25.3. The van der Waals surface area contributed by atoms with Crippen LogP contribution in [0.15, 0.2) is 24.4 Å². The van der Waals surface area contributed by atoms with Gasteiger partial charge in [-0.05, 0) is 76.7 Å². The van der Waals surface area contributed by atoms with Crippen molar-refractivity contribution in [2.45, 2.75) is 38.3 Å². The third kappa shape index (κ3) is 5.14. The third-order valence-electron chi connectivity index (χ3n) is 8.57. The van der Waals surface area contributed by atoms with Crippen molar-refractivity contribution in [2.75, 3.05) is 59.5 Å². The SMILES string of the molecule is CN1CCC(C2CCN(C(=O)[C@](C)(NC(=O)c3ccc4c(Cl)c[nH]c4c3)N3CCOCC3)CC2)CC1. The van der Waals surface area contributed by atoms with Crippen LogP contribution in [0.3, 0.4) is 0 Å². The number of aromatic amines is 1. The molecule has 0 bridgehead atoms. The molecule has 1 aromatic carbocycles. The lowest BCUT2D eigenvalue weighted by atomic mass is 9.78. The number of amides is 2. The molecule has 196 valence electrons. The predicted octanol–water partition coefficient (Wildman–Crippen LogP) is 3.18. The molecule has 3 fully saturated rings. The summed E-state index contributed by atoms with van der Waals surface area (Å²) in [7, 11) is 2.20. The van der Waals surface area contributed by atoms with E-state index in [0.29, 0.717) is 42.8 Å². The summed E-state index contributed by atoms with van der Waals surface area (Å²) >= 11 is 6.20. The fraction of sp³-hybridized carbons (Fsp3) is 0.630. The summed E-state index contributed by atoms with van der Waals surface area (Å²) in [5, 5.41) is 4.60. The van der Waals surface area contributed by atoms with Crippen molar-refractivity contribution in [3.63, 3.8) is 0 Å². The number of aromatic nitrogens is 1. The summed E-state index contributed by atoms with van der Waals surface area (Å²) in [6.07, 6.45) is 6.31. The number of ether oxygens (including phenoxy) is 1. The number of nitrogens with one attached hydrogen (secondary N) is 2. The molecule has 0 saturated carbocycles. The number of nitrogens with zero attached hydrogens (tertiary/aromatic N) is 3. The topological polar surface area (TPSA) is 80.9 Å². The summed E-state index contributed by atoms with van der Waals surface area (Å²) in [4.78, 5) is 37.0. The molecule has 9 heteroatoms. The molecule has 0 radical (unpaired) electrons. The number of hydrogen-bond donors (Lipinski definition) is 2. The molecule has 3 saturated heterocycles. The number of H-pyrrole nitrogens is 1. The Morgan fingerprint density at radius 1 is 1.03 bits per heavy atom. The van der Waals surface area contributed by atoms with Crippen molar-refractivity contribution in [2.24, 2.45) is 11.8 Å². The highest BCUT2D eigenvalue weighted by molar-refractivity contribution is 6.35. The van der Waals surface area contributed by atoms with E-state index in [9.17, 15) is 9.59 Å². The number of fused-ring (bicyclic) bond motifs is 1. The number of likely N-dealkylation sites (tertiary alicyclic amines) is 2. The summed E-state index contributed by atoms with van der Waals surface area (Å²) < 4.78 is 5.55. The molecule has 0 aliphatic carbocycles. The largest absolute Gasteiger partial charge is 0.379 e. The third-order valence-corrected chi connectivity index (χ3v) is 8.88. The van der Waals surface area contributed by atoms with Crippen LogP contribution in [0.1, 0.15) is 43.0 Å². The zero-order valence-electron chi connectivity index (χ0n) is 21.4. The Labute approximate surface area is 218 Å². The molecular weight excluding hydrogens is 478 g/mol. The Hall–Kier alpha value is -2.13. The van der Waals surface area contributed by atoms with Gasteiger partial charge in [-0.1, -0.05) is 17.7 Å². The van der Waals surface area contributed by atoms with E-state index in [4.69, 9.17) is 16.3 Å². The first kappa shape index (κ1) is 25.5. The smallest absolute Gasteiger partial charge is 0.263 e. The lowest BCUT2D eigenvalue weighted by Gasteiger charge is -2.46. The van der Waals surface area contributed by atoms with E-state index in [2.05, 4.69) is 27.1 Å². The molecule has 3 aliphatic heterocycles. The van der Waals surface area contributed by atoms with E-state index >= 15 is 0 Å². The van der Waals surface area contributed by atoms with Gasteiger partial charge in [-0.15, -0.1) is 0 Å². The average molecular weight is 516 g/mol. The van der Waals surface area contributed by atoms with Gasteiger partial charge < -0.3 is 24.8 Å². The second-order valence-electron chi connectivity index (χ2n) is 10.8. The molecular formula is C27H38ClN5O3. The maximum absolute atomic E-state index is 14.0. The van der Waals surface area contributed by atoms with Crippen molar-refractivity contribution in [1.29, 1.82) is 0 Å². The summed E-state index contributed by atoms with van der Waals surface area (Å²) in [5.74, 6) is 1.15. The van der Waals surface area contributed by atoms with Crippen LogP contribution in [0.5, 0.6) is 0 Å². The van der Waals surface area contributed by atoms with Crippen LogP contribution < -0.4 is 5.32 Å². The Kier molecular flexibility index (Phi) is 7.58. The van der Waals surface area contributed by atoms with Gasteiger partial charge in [0.2, 0.25) is 0 Å². The van der Waals surface area contributed by atoms with Gasteiger partial charge in [0.15, 0.2) is 5.66 Å². The number of hydrogen-bond acceptors (Lipinski definition) is 5. The van der Waals surface area contributed by atoms with Crippen LogP contribution in [-0.4, -0.2) is 96.7 Å². The van der Waals surface area contributed by atoms with Crippen molar-refractivity contribution >= 4 is 34.3 Å². The van der Waals surface area contributed by atoms with Crippen LogP contribution in [0.2, 0.25) is 5.02 Å². The summed E-state index contributed by atoms with van der Waals surface area (Å²) in [6.45, 7) is 7.98. The molecule has 1 atom stereocenters. The molecule has 36 heavy (non-hydrogen) atoms. The molecule has 0 spiro atoms. The average Bonchev–Trinajstić information content (AvgIpc) is 3.29. The Morgan fingerprint density at radius 2 is 1.67 bits per heavy atom. The van der Waals surface area contributed by atoms with E-state index in [1.165, 1.54) is 25.9 Å². The second-order valence-corrected chi connectivity index (χ2v) is 11.2. The van der Waals surface area contributed by atoms with E-state index in [1.807, 2.05) is 17.9 Å². The standard InChI is InChI=1S/C27H38ClN5O3/c1-27(33-13-15-36-16-14-33,30-25(34)21-3-4-22-23(28)18-29-24(22)17-21)26(35)32-11-7-20(8-12-32)19-5-9-31(2)10-6-19/h3-4,17-20,29H,5-16H2,1-2H3,(H,30,34)/t27-/m1/s1. The molecule has 2 amide bonds. The van der Waals surface area contributed by atoms with Crippen molar-refractivity contribution in [3.05, 3.63) is 35.0 Å². The van der Waals surface area contributed by atoms with Gasteiger partial charge in [0, 0.05) is 48.8 Å².